The standard InChI is InChI=1S/C14H21N3O2/c1-2-3-4-5-6-7-11-19-13-10-8-9-12-14(13)16-17(18)15-12/h8-10,18H,2-7,11H2,1H3. The molecule has 0 spiro atoms. The molecule has 0 atom stereocenters. The Labute approximate surface area is 113 Å². The molecule has 5 nitrogen and oxygen atoms in total. The van der Waals surface area contributed by atoms with Crippen molar-refractivity contribution in [1.29, 1.82) is 0 Å². The van der Waals surface area contributed by atoms with Gasteiger partial charge in [0.15, 0.2) is 5.52 Å². The Balaban J connectivity index is 1.78. The summed E-state index contributed by atoms with van der Waals surface area (Å²) in [4.78, 5) is 0.586. The van der Waals surface area contributed by atoms with Crippen LogP contribution in [0.25, 0.3) is 11.0 Å². The fourth-order valence-corrected chi connectivity index (χ4v) is 2.08. The van der Waals surface area contributed by atoms with Crippen LogP contribution in [0.4, 0.5) is 0 Å². The molecule has 0 aliphatic rings. The van der Waals surface area contributed by atoms with Crippen LogP contribution in [0.2, 0.25) is 0 Å². The number of hydrogen-bond acceptors (Lipinski definition) is 4. The summed E-state index contributed by atoms with van der Waals surface area (Å²) in [5, 5.41) is 16.9. The van der Waals surface area contributed by atoms with Gasteiger partial charge in [0.1, 0.15) is 11.3 Å². The maximum absolute atomic E-state index is 9.21. The maximum atomic E-state index is 9.21. The van der Waals surface area contributed by atoms with Crippen LogP contribution in [0.15, 0.2) is 18.2 Å². The van der Waals surface area contributed by atoms with E-state index in [0.29, 0.717) is 28.3 Å². The highest BCUT2D eigenvalue weighted by atomic mass is 16.5. The van der Waals surface area contributed by atoms with E-state index in [1.165, 1.54) is 32.1 Å². The Morgan fingerprint density at radius 1 is 1.11 bits per heavy atom. The van der Waals surface area contributed by atoms with Crippen molar-refractivity contribution in [2.45, 2.75) is 45.4 Å². The Hall–Kier alpha value is -1.78. The fourth-order valence-electron chi connectivity index (χ4n) is 2.08. The van der Waals surface area contributed by atoms with Gasteiger partial charge in [-0.2, -0.15) is 0 Å². The van der Waals surface area contributed by atoms with Gasteiger partial charge in [-0.1, -0.05) is 45.1 Å². The van der Waals surface area contributed by atoms with Crippen LogP contribution in [0.5, 0.6) is 5.75 Å². The second-order valence-corrected chi connectivity index (χ2v) is 4.71. The average Bonchev–Trinajstić information content (AvgIpc) is 2.78. The lowest BCUT2D eigenvalue weighted by atomic mass is 10.1. The van der Waals surface area contributed by atoms with Crippen LogP contribution in [0.1, 0.15) is 45.4 Å². The molecule has 104 valence electrons. The summed E-state index contributed by atoms with van der Waals surface area (Å²) in [6.45, 7) is 2.90. The maximum Gasteiger partial charge on any atom is 0.158 e. The second kappa shape index (κ2) is 6.97. The molecule has 0 amide bonds. The number of ether oxygens (including phenoxy) is 1. The van der Waals surface area contributed by atoms with Crippen molar-refractivity contribution in [2.24, 2.45) is 0 Å². The monoisotopic (exact) mass is 263 g/mol. The van der Waals surface area contributed by atoms with E-state index in [0.717, 1.165) is 6.42 Å². The normalized spacial score (nSPS) is 11.0. The molecule has 1 aromatic carbocycles. The molecule has 0 unspecified atom stereocenters. The quantitative estimate of drug-likeness (QED) is 0.585. The molecule has 1 heterocycles. The Morgan fingerprint density at radius 2 is 1.89 bits per heavy atom. The summed E-state index contributed by atoms with van der Waals surface area (Å²) < 4.78 is 5.71. The molecule has 1 N–H and O–H groups in total. The molecule has 0 saturated carbocycles. The van der Waals surface area contributed by atoms with Crippen molar-refractivity contribution in [2.75, 3.05) is 6.61 Å². The first-order valence-electron chi connectivity index (χ1n) is 6.99. The molecule has 5 heteroatoms. The zero-order valence-electron chi connectivity index (χ0n) is 11.4. The van der Waals surface area contributed by atoms with Crippen molar-refractivity contribution in [3.8, 4) is 5.75 Å². The van der Waals surface area contributed by atoms with Crippen LogP contribution in [-0.2, 0) is 0 Å². The third-order valence-electron chi connectivity index (χ3n) is 3.12. The Kier molecular flexibility index (Phi) is 5.01. The van der Waals surface area contributed by atoms with Crippen molar-refractivity contribution in [1.82, 2.24) is 15.2 Å². The number of unbranched alkanes of at least 4 members (excludes halogenated alkanes) is 5. The zero-order chi connectivity index (χ0) is 13.5. The van der Waals surface area contributed by atoms with Crippen molar-refractivity contribution in [3.63, 3.8) is 0 Å². The number of aromatic nitrogens is 3. The minimum Gasteiger partial charge on any atom is -0.491 e. The fraction of sp³-hybridized carbons (Fsp3) is 0.571. The topological polar surface area (TPSA) is 60.2 Å². The van der Waals surface area contributed by atoms with E-state index in [-0.39, 0.29) is 0 Å². The minimum atomic E-state index is 0.586. The van der Waals surface area contributed by atoms with E-state index in [1.54, 1.807) is 6.07 Å². The second-order valence-electron chi connectivity index (χ2n) is 4.71. The molecule has 0 aliphatic heterocycles. The van der Waals surface area contributed by atoms with Gasteiger partial charge in [0, 0.05) is 0 Å². The smallest absolute Gasteiger partial charge is 0.158 e. The third-order valence-corrected chi connectivity index (χ3v) is 3.12. The molecule has 1 aromatic heterocycles. The Morgan fingerprint density at radius 3 is 2.74 bits per heavy atom. The van der Waals surface area contributed by atoms with Gasteiger partial charge in [0.2, 0.25) is 0 Å². The minimum absolute atomic E-state index is 0.586. The predicted octanol–water partition coefficient (Wildman–Crippen LogP) is 3.41. The zero-order valence-corrected chi connectivity index (χ0v) is 11.4. The third kappa shape index (κ3) is 3.84. The van der Waals surface area contributed by atoms with E-state index in [1.807, 2.05) is 12.1 Å². The van der Waals surface area contributed by atoms with Crippen molar-refractivity contribution < 1.29 is 9.94 Å². The van der Waals surface area contributed by atoms with Crippen LogP contribution in [0, 0.1) is 0 Å². The molecule has 0 bridgehead atoms. The lowest BCUT2D eigenvalue weighted by molar-refractivity contribution is 0.113. The highest BCUT2D eigenvalue weighted by Gasteiger charge is 2.07. The van der Waals surface area contributed by atoms with Crippen LogP contribution in [-0.4, -0.2) is 27.0 Å². The molecule has 2 aromatic rings. The van der Waals surface area contributed by atoms with Gasteiger partial charge in [0.05, 0.1) is 6.61 Å². The van der Waals surface area contributed by atoms with Gasteiger partial charge >= 0.3 is 0 Å². The van der Waals surface area contributed by atoms with Gasteiger partial charge in [-0.15, -0.1) is 10.2 Å². The van der Waals surface area contributed by atoms with E-state index >= 15 is 0 Å². The highest BCUT2D eigenvalue weighted by Crippen LogP contribution is 2.22. The van der Waals surface area contributed by atoms with Gasteiger partial charge in [0.25, 0.3) is 0 Å². The van der Waals surface area contributed by atoms with Gasteiger partial charge in [-0.05, 0) is 23.5 Å². The van der Waals surface area contributed by atoms with Crippen molar-refractivity contribution in [3.05, 3.63) is 18.2 Å². The number of benzene rings is 1. The summed E-state index contributed by atoms with van der Waals surface area (Å²) in [6, 6.07) is 5.51. The predicted molar refractivity (Wildman–Crippen MR) is 73.6 cm³/mol. The highest BCUT2D eigenvalue weighted by molar-refractivity contribution is 5.80. The summed E-state index contributed by atoms with van der Waals surface area (Å²) in [5.41, 5.74) is 1.25. The first-order chi connectivity index (χ1) is 9.31. The SMILES string of the molecule is CCCCCCCCOc1cccc2nn(O)nc12. The van der Waals surface area contributed by atoms with Gasteiger partial charge in [-0.25, -0.2) is 0 Å². The number of fused-ring (bicyclic) bond motifs is 1. The van der Waals surface area contributed by atoms with E-state index in [4.69, 9.17) is 4.74 Å². The number of nitrogens with zero attached hydrogens (tertiary/aromatic N) is 3. The Bertz CT molecular complexity index is 510. The molecule has 2 rings (SSSR count). The summed E-state index contributed by atoms with van der Waals surface area (Å²) >= 11 is 0. The first kappa shape index (κ1) is 13.6. The molecule has 0 saturated heterocycles. The molecule has 19 heavy (non-hydrogen) atoms. The molecule has 0 aliphatic carbocycles. The average molecular weight is 263 g/mol. The first-order valence-corrected chi connectivity index (χ1v) is 6.99. The molecular weight excluding hydrogens is 242 g/mol. The number of rotatable bonds is 8. The van der Waals surface area contributed by atoms with E-state index < -0.39 is 0 Å². The largest absolute Gasteiger partial charge is 0.491 e. The lowest BCUT2D eigenvalue weighted by Crippen LogP contribution is -1.98. The van der Waals surface area contributed by atoms with Crippen LogP contribution >= 0.6 is 0 Å². The van der Waals surface area contributed by atoms with Gasteiger partial charge < -0.3 is 9.94 Å². The van der Waals surface area contributed by atoms with Crippen LogP contribution in [0.3, 0.4) is 0 Å². The molecule has 0 fully saturated rings. The lowest BCUT2D eigenvalue weighted by Gasteiger charge is -2.05. The van der Waals surface area contributed by atoms with Gasteiger partial charge in [-0.3, -0.25) is 0 Å². The van der Waals surface area contributed by atoms with Crippen molar-refractivity contribution >= 4 is 11.0 Å². The number of hydrogen-bond donors (Lipinski definition) is 1. The summed E-state index contributed by atoms with van der Waals surface area (Å²) in [6.07, 6.45) is 7.42. The summed E-state index contributed by atoms with van der Waals surface area (Å²) in [7, 11) is 0. The molecule has 0 radical (unpaired) electrons. The van der Waals surface area contributed by atoms with E-state index in [9.17, 15) is 5.21 Å². The van der Waals surface area contributed by atoms with E-state index in [2.05, 4.69) is 17.1 Å². The molecular formula is C14H21N3O2. The van der Waals surface area contributed by atoms with Crippen LogP contribution < -0.4 is 4.74 Å². The summed E-state index contributed by atoms with van der Waals surface area (Å²) in [5.74, 6) is 0.686.